The van der Waals surface area contributed by atoms with E-state index in [2.05, 4.69) is 25.9 Å². The highest BCUT2D eigenvalue weighted by Crippen LogP contribution is 2.12. The highest BCUT2D eigenvalue weighted by atomic mass is 35.5. The average Bonchev–Trinajstić information content (AvgIpc) is 2.35. The summed E-state index contributed by atoms with van der Waals surface area (Å²) < 4.78 is 1.97. The van der Waals surface area contributed by atoms with Crippen molar-refractivity contribution in [3.63, 3.8) is 0 Å². The second-order valence-corrected chi connectivity index (χ2v) is 3.96. The predicted octanol–water partition coefficient (Wildman–Crippen LogP) is 1.56. The summed E-state index contributed by atoms with van der Waals surface area (Å²) in [4.78, 5) is 0. The van der Waals surface area contributed by atoms with Crippen molar-refractivity contribution in [3.8, 4) is 0 Å². The van der Waals surface area contributed by atoms with E-state index in [1.54, 1.807) is 0 Å². The molecule has 0 spiro atoms. The maximum atomic E-state index is 5.43. The third-order valence-corrected chi connectivity index (χ3v) is 1.73. The Hall–Kier alpha value is -0.540. The van der Waals surface area contributed by atoms with Crippen LogP contribution >= 0.6 is 12.4 Å². The van der Waals surface area contributed by atoms with Crippen molar-refractivity contribution >= 4 is 12.4 Å². The molecule has 0 bridgehead atoms. The maximum absolute atomic E-state index is 5.43. The van der Waals surface area contributed by atoms with E-state index >= 15 is 0 Å². The molecule has 0 amide bonds. The van der Waals surface area contributed by atoms with Crippen LogP contribution in [0.25, 0.3) is 0 Å². The molecule has 1 heterocycles. The summed E-state index contributed by atoms with van der Waals surface area (Å²) in [5, 5.41) is 4.41. The molecule has 0 radical (unpaired) electrons. The van der Waals surface area contributed by atoms with Crippen molar-refractivity contribution in [2.75, 3.05) is 6.54 Å². The molecule has 1 aromatic rings. The van der Waals surface area contributed by atoms with Gasteiger partial charge in [-0.05, 0) is 33.4 Å². The fourth-order valence-electron chi connectivity index (χ4n) is 1.02. The normalized spacial score (nSPS) is 11.1. The number of halogens is 1. The number of aromatic nitrogens is 2. The molecule has 4 heteroatoms. The predicted molar refractivity (Wildman–Crippen MR) is 57.2 cm³/mol. The van der Waals surface area contributed by atoms with Crippen molar-refractivity contribution in [3.05, 3.63) is 18.0 Å². The van der Waals surface area contributed by atoms with Crippen LogP contribution in [0.15, 0.2) is 12.3 Å². The fraction of sp³-hybridized carbons (Fsp3) is 0.667. The molecule has 1 rings (SSSR count). The number of rotatable bonds is 2. The SMILES string of the molecule is CC(C)(C)n1ccc(CCN)n1.Cl. The molecule has 3 nitrogen and oxygen atoms in total. The molecule has 76 valence electrons. The third kappa shape index (κ3) is 3.36. The van der Waals surface area contributed by atoms with Crippen molar-refractivity contribution in [2.24, 2.45) is 5.73 Å². The van der Waals surface area contributed by atoms with E-state index in [9.17, 15) is 0 Å². The van der Waals surface area contributed by atoms with Gasteiger partial charge in [-0.25, -0.2) is 0 Å². The standard InChI is InChI=1S/C9H17N3.ClH/c1-9(2,3)12-7-5-8(11-12)4-6-10;/h5,7H,4,6,10H2,1-3H3;1H. The van der Waals surface area contributed by atoms with Gasteiger partial charge >= 0.3 is 0 Å². The lowest BCUT2D eigenvalue weighted by Crippen LogP contribution is -2.22. The summed E-state index contributed by atoms with van der Waals surface area (Å²) in [6.45, 7) is 7.06. The third-order valence-electron chi connectivity index (χ3n) is 1.73. The van der Waals surface area contributed by atoms with E-state index in [-0.39, 0.29) is 17.9 Å². The lowest BCUT2D eigenvalue weighted by Gasteiger charge is -2.18. The van der Waals surface area contributed by atoms with E-state index < -0.39 is 0 Å². The van der Waals surface area contributed by atoms with Crippen molar-refractivity contribution < 1.29 is 0 Å². The quantitative estimate of drug-likeness (QED) is 0.793. The zero-order valence-corrected chi connectivity index (χ0v) is 9.27. The monoisotopic (exact) mass is 203 g/mol. The average molecular weight is 204 g/mol. The van der Waals surface area contributed by atoms with Crippen LogP contribution in [0, 0.1) is 0 Å². The van der Waals surface area contributed by atoms with Gasteiger partial charge in [0.1, 0.15) is 0 Å². The van der Waals surface area contributed by atoms with E-state index in [1.165, 1.54) is 0 Å². The van der Waals surface area contributed by atoms with Gasteiger partial charge in [-0.3, -0.25) is 4.68 Å². The molecule has 0 saturated heterocycles. The fourth-order valence-corrected chi connectivity index (χ4v) is 1.02. The van der Waals surface area contributed by atoms with Crippen LogP contribution < -0.4 is 5.73 Å². The lowest BCUT2D eigenvalue weighted by molar-refractivity contribution is 0.353. The minimum atomic E-state index is 0. The Morgan fingerprint density at radius 3 is 2.46 bits per heavy atom. The molecule has 13 heavy (non-hydrogen) atoms. The molecular weight excluding hydrogens is 186 g/mol. The Balaban J connectivity index is 0.00000144. The summed E-state index contributed by atoms with van der Waals surface area (Å²) >= 11 is 0. The Morgan fingerprint density at radius 1 is 1.46 bits per heavy atom. The van der Waals surface area contributed by atoms with Gasteiger partial charge < -0.3 is 5.73 Å². The Kier molecular flexibility index (Phi) is 4.44. The Bertz CT molecular complexity index is 250. The first-order valence-electron chi connectivity index (χ1n) is 4.29. The van der Waals surface area contributed by atoms with Crippen LogP contribution in [0.2, 0.25) is 0 Å². The summed E-state index contributed by atoms with van der Waals surface area (Å²) in [6.07, 6.45) is 2.87. The number of nitrogens with two attached hydrogens (primary N) is 1. The zero-order valence-electron chi connectivity index (χ0n) is 8.45. The largest absolute Gasteiger partial charge is 0.330 e. The first-order valence-corrected chi connectivity index (χ1v) is 4.29. The van der Waals surface area contributed by atoms with Crippen LogP contribution in [0.3, 0.4) is 0 Å². The number of nitrogens with zero attached hydrogens (tertiary/aromatic N) is 2. The van der Waals surface area contributed by atoms with E-state index in [0.29, 0.717) is 6.54 Å². The van der Waals surface area contributed by atoms with Gasteiger partial charge in [0.25, 0.3) is 0 Å². The molecule has 0 aliphatic heterocycles. The molecule has 0 aromatic carbocycles. The topological polar surface area (TPSA) is 43.8 Å². The molecule has 0 fully saturated rings. The van der Waals surface area contributed by atoms with Crippen LogP contribution in [0.4, 0.5) is 0 Å². The van der Waals surface area contributed by atoms with Crippen LogP contribution in [0.1, 0.15) is 26.5 Å². The second-order valence-electron chi connectivity index (χ2n) is 3.96. The first kappa shape index (κ1) is 12.5. The van der Waals surface area contributed by atoms with Gasteiger partial charge in [-0.2, -0.15) is 5.10 Å². The van der Waals surface area contributed by atoms with Crippen molar-refractivity contribution in [2.45, 2.75) is 32.7 Å². The zero-order chi connectivity index (χ0) is 9.19. The van der Waals surface area contributed by atoms with Gasteiger partial charge in [-0.1, -0.05) is 0 Å². The summed E-state index contributed by atoms with van der Waals surface area (Å²) in [5.74, 6) is 0. The van der Waals surface area contributed by atoms with E-state index in [4.69, 9.17) is 5.73 Å². The molecule has 0 unspecified atom stereocenters. The van der Waals surface area contributed by atoms with Gasteiger partial charge in [0.15, 0.2) is 0 Å². The highest BCUT2D eigenvalue weighted by Gasteiger charge is 2.13. The van der Waals surface area contributed by atoms with Crippen LogP contribution in [-0.2, 0) is 12.0 Å². The molecule has 1 aromatic heterocycles. The Labute approximate surface area is 85.7 Å². The van der Waals surface area contributed by atoms with Crippen molar-refractivity contribution in [1.29, 1.82) is 0 Å². The highest BCUT2D eigenvalue weighted by molar-refractivity contribution is 5.85. The molecule has 2 N–H and O–H groups in total. The molecule has 0 aliphatic rings. The van der Waals surface area contributed by atoms with Crippen LogP contribution in [-0.4, -0.2) is 16.3 Å². The minimum Gasteiger partial charge on any atom is -0.330 e. The first-order chi connectivity index (χ1) is 5.54. The smallest absolute Gasteiger partial charge is 0.0637 e. The summed E-state index contributed by atoms with van der Waals surface area (Å²) in [6, 6.07) is 2.03. The molecular formula is C9H18ClN3. The van der Waals surface area contributed by atoms with Gasteiger partial charge in [0.05, 0.1) is 11.2 Å². The van der Waals surface area contributed by atoms with Gasteiger partial charge in [-0.15, -0.1) is 12.4 Å². The summed E-state index contributed by atoms with van der Waals surface area (Å²) in [7, 11) is 0. The van der Waals surface area contributed by atoms with Crippen LogP contribution in [0.5, 0.6) is 0 Å². The number of hydrogen-bond donors (Lipinski definition) is 1. The molecule has 0 saturated carbocycles. The van der Waals surface area contributed by atoms with Crippen molar-refractivity contribution in [1.82, 2.24) is 9.78 Å². The Morgan fingerprint density at radius 2 is 2.08 bits per heavy atom. The molecule has 0 aliphatic carbocycles. The van der Waals surface area contributed by atoms with Gasteiger partial charge in [0, 0.05) is 12.6 Å². The van der Waals surface area contributed by atoms with E-state index in [1.807, 2.05) is 16.9 Å². The maximum Gasteiger partial charge on any atom is 0.0637 e. The lowest BCUT2D eigenvalue weighted by atomic mass is 10.1. The van der Waals surface area contributed by atoms with Gasteiger partial charge in [0.2, 0.25) is 0 Å². The van der Waals surface area contributed by atoms with E-state index in [0.717, 1.165) is 12.1 Å². The summed E-state index contributed by atoms with van der Waals surface area (Å²) in [5.41, 5.74) is 6.58. The molecule has 0 atom stereocenters. The minimum absolute atomic E-state index is 0. The second kappa shape index (κ2) is 4.63. The number of hydrogen-bond acceptors (Lipinski definition) is 2.